The van der Waals surface area contributed by atoms with Crippen LogP contribution in [0.3, 0.4) is 0 Å². The molecule has 0 unspecified atom stereocenters. The molecule has 6 heteroatoms. The summed E-state index contributed by atoms with van der Waals surface area (Å²) in [6.45, 7) is 6.39. The first kappa shape index (κ1) is 14.2. The van der Waals surface area contributed by atoms with E-state index in [1.807, 2.05) is 18.3 Å². The first-order valence-corrected chi connectivity index (χ1v) is 7.56. The highest BCUT2D eigenvalue weighted by molar-refractivity contribution is 7.89. The van der Waals surface area contributed by atoms with Crippen LogP contribution in [0.5, 0.6) is 0 Å². The monoisotopic (exact) mass is 259 g/mol. The molecule has 0 saturated heterocycles. The Balaban J connectivity index is 2.29. The highest BCUT2D eigenvalue weighted by atomic mass is 32.2. The maximum absolute atomic E-state index is 11.4. The minimum absolute atomic E-state index is 0.119. The fourth-order valence-corrected chi connectivity index (χ4v) is 2.63. The molecule has 5 nitrogen and oxygen atoms in total. The molecule has 17 heavy (non-hydrogen) atoms. The van der Waals surface area contributed by atoms with Gasteiger partial charge in [0.25, 0.3) is 0 Å². The maximum Gasteiger partial charge on any atom is 0.212 e. The summed E-state index contributed by atoms with van der Waals surface area (Å²) in [6, 6.07) is 4.03. The highest BCUT2D eigenvalue weighted by Crippen LogP contribution is 2.01. The number of hydrogen-bond donors (Lipinski definition) is 2. The molecule has 1 aromatic heterocycles. The molecule has 2 N–H and O–H groups in total. The van der Waals surface area contributed by atoms with E-state index in [9.17, 15) is 8.42 Å². The van der Waals surface area contributed by atoms with Crippen molar-refractivity contribution in [3.8, 4) is 0 Å². The Kier molecular flexibility index (Phi) is 5.67. The van der Waals surface area contributed by atoms with E-state index >= 15 is 0 Å². The molecule has 1 aromatic rings. The Hall–Kier alpha value is -0.850. The lowest BCUT2D eigenvalue weighted by atomic mass is 10.4. The molecule has 0 bridgehead atoms. The van der Waals surface area contributed by atoms with Crippen LogP contribution in [0.1, 0.15) is 19.5 Å². The molecular formula is C11H21N3O2S. The first-order chi connectivity index (χ1) is 8.09. The van der Waals surface area contributed by atoms with Crippen molar-refractivity contribution in [2.75, 3.05) is 18.8 Å². The zero-order valence-corrected chi connectivity index (χ0v) is 11.3. The van der Waals surface area contributed by atoms with Gasteiger partial charge in [-0.2, -0.15) is 0 Å². The van der Waals surface area contributed by atoms with Crippen LogP contribution in [0.25, 0.3) is 0 Å². The van der Waals surface area contributed by atoms with E-state index in [2.05, 4.69) is 21.5 Å². The molecule has 0 saturated carbocycles. The number of aryl methyl sites for hydroxylation is 1. The second-order valence-electron chi connectivity index (χ2n) is 3.78. The highest BCUT2D eigenvalue weighted by Gasteiger charge is 2.07. The SMILES string of the molecule is CCNS(=O)(=O)CCNCc1cccn1CC. The number of sulfonamides is 1. The van der Waals surface area contributed by atoms with E-state index in [-0.39, 0.29) is 5.75 Å². The van der Waals surface area contributed by atoms with Crippen molar-refractivity contribution in [1.29, 1.82) is 0 Å². The van der Waals surface area contributed by atoms with Gasteiger partial charge in [0, 0.05) is 38.1 Å². The van der Waals surface area contributed by atoms with Gasteiger partial charge < -0.3 is 9.88 Å². The van der Waals surface area contributed by atoms with Crippen molar-refractivity contribution in [2.45, 2.75) is 26.9 Å². The van der Waals surface area contributed by atoms with Crippen molar-refractivity contribution in [3.05, 3.63) is 24.0 Å². The Morgan fingerprint density at radius 1 is 1.35 bits per heavy atom. The summed E-state index contributed by atoms with van der Waals surface area (Å²) in [4.78, 5) is 0. The van der Waals surface area contributed by atoms with Crippen LogP contribution in [0.15, 0.2) is 18.3 Å². The van der Waals surface area contributed by atoms with Crippen molar-refractivity contribution in [3.63, 3.8) is 0 Å². The van der Waals surface area contributed by atoms with Crippen LogP contribution in [-0.2, 0) is 23.1 Å². The first-order valence-electron chi connectivity index (χ1n) is 5.91. The average Bonchev–Trinajstić information content (AvgIpc) is 2.71. The Bertz CT molecular complexity index is 426. The Labute approximate surface area is 103 Å². The molecule has 1 heterocycles. The lowest BCUT2D eigenvalue weighted by molar-refractivity contribution is 0.576. The maximum atomic E-state index is 11.4. The molecule has 0 fully saturated rings. The van der Waals surface area contributed by atoms with Gasteiger partial charge in [-0.05, 0) is 19.1 Å². The third-order valence-electron chi connectivity index (χ3n) is 2.48. The van der Waals surface area contributed by atoms with Crippen molar-refractivity contribution in [1.82, 2.24) is 14.6 Å². The van der Waals surface area contributed by atoms with Crippen LogP contribution in [-0.4, -0.2) is 31.8 Å². The molecule has 1 rings (SSSR count). The lowest BCUT2D eigenvalue weighted by Gasteiger charge is -2.08. The summed E-state index contributed by atoms with van der Waals surface area (Å²) in [5.74, 6) is 0.119. The van der Waals surface area contributed by atoms with Crippen LogP contribution in [0.4, 0.5) is 0 Å². The van der Waals surface area contributed by atoms with Gasteiger partial charge in [0.05, 0.1) is 5.75 Å². The Morgan fingerprint density at radius 3 is 2.76 bits per heavy atom. The Morgan fingerprint density at radius 2 is 2.12 bits per heavy atom. The summed E-state index contributed by atoms with van der Waals surface area (Å²) in [5.41, 5.74) is 1.17. The number of nitrogens with one attached hydrogen (secondary N) is 2. The van der Waals surface area contributed by atoms with E-state index in [0.29, 0.717) is 19.6 Å². The summed E-state index contributed by atoms with van der Waals surface area (Å²) < 4.78 is 27.3. The summed E-state index contributed by atoms with van der Waals surface area (Å²) in [7, 11) is -3.11. The lowest BCUT2D eigenvalue weighted by Crippen LogP contribution is -2.31. The minimum atomic E-state index is -3.11. The van der Waals surface area contributed by atoms with Gasteiger partial charge in [-0.1, -0.05) is 6.92 Å². The zero-order valence-electron chi connectivity index (χ0n) is 10.4. The van der Waals surface area contributed by atoms with E-state index in [1.54, 1.807) is 6.92 Å². The summed E-state index contributed by atoms with van der Waals surface area (Å²) in [5, 5.41) is 3.14. The van der Waals surface area contributed by atoms with Gasteiger partial charge in [0.1, 0.15) is 0 Å². The molecule has 0 spiro atoms. The van der Waals surface area contributed by atoms with Crippen LogP contribution in [0.2, 0.25) is 0 Å². The quantitative estimate of drug-likeness (QED) is 0.670. The van der Waals surface area contributed by atoms with Crippen LogP contribution in [0, 0.1) is 0 Å². The van der Waals surface area contributed by atoms with Gasteiger partial charge in [-0.15, -0.1) is 0 Å². The normalized spacial score (nSPS) is 11.9. The van der Waals surface area contributed by atoms with Gasteiger partial charge in [0.15, 0.2) is 0 Å². The molecule has 98 valence electrons. The molecule has 0 radical (unpaired) electrons. The van der Waals surface area contributed by atoms with Crippen LogP contribution >= 0.6 is 0 Å². The summed E-state index contributed by atoms with van der Waals surface area (Å²) in [6.07, 6.45) is 2.02. The van der Waals surface area contributed by atoms with Gasteiger partial charge in [0.2, 0.25) is 10.0 Å². The second kappa shape index (κ2) is 6.78. The van der Waals surface area contributed by atoms with Gasteiger partial charge in [-0.3, -0.25) is 0 Å². The van der Waals surface area contributed by atoms with E-state index < -0.39 is 10.0 Å². The minimum Gasteiger partial charge on any atom is -0.351 e. The van der Waals surface area contributed by atoms with Crippen molar-refractivity contribution >= 4 is 10.0 Å². The van der Waals surface area contributed by atoms with Crippen LogP contribution < -0.4 is 10.0 Å². The third kappa shape index (κ3) is 4.89. The largest absolute Gasteiger partial charge is 0.351 e. The molecule has 0 atom stereocenters. The average molecular weight is 259 g/mol. The molecule has 0 aliphatic carbocycles. The second-order valence-corrected chi connectivity index (χ2v) is 5.71. The predicted molar refractivity (Wildman–Crippen MR) is 69.3 cm³/mol. The zero-order chi connectivity index (χ0) is 12.7. The van der Waals surface area contributed by atoms with E-state index in [4.69, 9.17) is 0 Å². The molecule has 0 aliphatic rings. The third-order valence-corrected chi connectivity index (χ3v) is 3.95. The predicted octanol–water partition coefficient (Wildman–Crippen LogP) is 0.537. The van der Waals surface area contributed by atoms with Gasteiger partial charge >= 0.3 is 0 Å². The smallest absolute Gasteiger partial charge is 0.212 e. The fraction of sp³-hybridized carbons (Fsp3) is 0.636. The van der Waals surface area contributed by atoms with E-state index in [1.165, 1.54) is 5.69 Å². The fourth-order valence-electron chi connectivity index (χ4n) is 1.63. The molecule has 0 aliphatic heterocycles. The van der Waals surface area contributed by atoms with Crippen molar-refractivity contribution < 1.29 is 8.42 Å². The number of rotatable bonds is 8. The van der Waals surface area contributed by atoms with Gasteiger partial charge in [-0.25, -0.2) is 13.1 Å². The van der Waals surface area contributed by atoms with E-state index in [0.717, 1.165) is 6.54 Å². The number of nitrogens with zero attached hydrogens (tertiary/aromatic N) is 1. The topological polar surface area (TPSA) is 63.1 Å². The molecular weight excluding hydrogens is 238 g/mol. The van der Waals surface area contributed by atoms with Crippen molar-refractivity contribution in [2.24, 2.45) is 0 Å². The number of aromatic nitrogens is 1. The molecule has 0 aromatic carbocycles. The standard InChI is InChI=1S/C11H21N3O2S/c1-3-13-17(15,16)9-7-12-10-11-6-5-8-14(11)4-2/h5-6,8,12-13H,3-4,7,9-10H2,1-2H3. The number of hydrogen-bond acceptors (Lipinski definition) is 3. The summed E-state index contributed by atoms with van der Waals surface area (Å²) >= 11 is 0. The molecule has 0 amide bonds.